The number of amides is 2. The van der Waals surface area contributed by atoms with Crippen molar-refractivity contribution >= 4 is 17.5 Å². The van der Waals surface area contributed by atoms with Crippen LogP contribution in [-0.2, 0) is 11.2 Å². The lowest BCUT2D eigenvalue weighted by atomic mass is 9.93. The van der Waals surface area contributed by atoms with Gasteiger partial charge in [-0.15, -0.1) is 0 Å². The Morgan fingerprint density at radius 2 is 1.73 bits per heavy atom. The highest BCUT2D eigenvalue weighted by Crippen LogP contribution is 2.46. The Morgan fingerprint density at radius 3 is 2.30 bits per heavy atom. The number of hydrogen-bond donors (Lipinski definition) is 2. The summed E-state index contributed by atoms with van der Waals surface area (Å²) in [4.78, 5) is 23.5. The molecule has 1 aromatic heterocycles. The quantitative estimate of drug-likeness (QED) is 0.517. The molecule has 2 rings (SSSR count). The third-order valence-corrected chi connectivity index (χ3v) is 4.40. The summed E-state index contributed by atoms with van der Waals surface area (Å²) >= 11 is 0. The zero-order chi connectivity index (χ0) is 22.9. The van der Waals surface area contributed by atoms with Gasteiger partial charge in [-0.2, -0.15) is 35.8 Å². The van der Waals surface area contributed by atoms with Gasteiger partial charge in [0.05, 0.1) is 5.71 Å². The molecule has 1 heterocycles. The molecule has 0 radical (unpaired) electrons. The molecular formula is C17H18F7N3O3. The van der Waals surface area contributed by atoms with E-state index in [1.807, 2.05) is 6.92 Å². The van der Waals surface area contributed by atoms with Crippen molar-refractivity contribution in [2.24, 2.45) is 5.10 Å². The van der Waals surface area contributed by atoms with E-state index in [1.165, 1.54) is 6.92 Å². The second-order valence-corrected chi connectivity index (χ2v) is 6.61. The third kappa shape index (κ3) is 4.15. The summed E-state index contributed by atoms with van der Waals surface area (Å²) in [5.74, 6) is -15.9. The first-order chi connectivity index (χ1) is 13.8. The zero-order valence-corrected chi connectivity index (χ0v) is 15.9. The number of hydrazone groups is 1. The van der Waals surface area contributed by atoms with Gasteiger partial charge in [0, 0.05) is 24.1 Å². The Bertz CT molecular complexity index is 860. The number of nitrogens with zero attached hydrogens (tertiary/aromatic N) is 1. The number of carbonyl (C=O) groups excluding carboxylic acids is 2. The molecule has 30 heavy (non-hydrogen) atoms. The number of hydrogen-bond acceptors (Lipinski definition) is 4. The number of nitrogens with one attached hydrogen (secondary N) is 2. The number of halogens is 7. The maximum Gasteiger partial charge on any atom is 0.460 e. The van der Waals surface area contributed by atoms with Crippen LogP contribution in [0.3, 0.4) is 0 Å². The fourth-order valence-electron chi connectivity index (χ4n) is 2.82. The lowest BCUT2D eigenvalue weighted by molar-refractivity contribution is -0.344. The molecule has 0 spiro atoms. The monoisotopic (exact) mass is 445 g/mol. The smallest absolute Gasteiger partial charge is 0.455 e. The Morgan fingerprint density at radius 1 is 1.10 bits per heavy atom. The fraction of sp³-hybridized carbons (Fsp3) is 0.588. The van der Waals surface area contributed by atoms with E-state index >= 15 is 0 Å². The van der Waals surface area contributed by atoms with E-state index in [0.29, 0.717) is 25.8 Å². The van der Waals surface area contributed by atoms with Crippen LogP contribution >= 0.6 is 0 Å². The van der Waals surface area contributed by atoms with E-state index in [0.717, 1.165) is 5.43 Å². The third-order valence-electron chi connectivity index (χ3n) is 4.40. The van der Waals surface area contributed by atoms with Gasteiger partial charge in [-0.25, -0.2) is 5.43 Å². The number of furan rings is 1. The highest BCUT2D eigenvalue weighted by molar-refractivity contribution is 6.06. The van der Waals surface area contributed by atoms with Crippen LogP contribution < -0.4 is 10.7 Å². The van der Waals surface area contributed by atoms with Crippen molar-refractivity contribution in [3.8, 4) is 0 Å². The van der Waals surface area contributed by atoms with Crippen LogP contribution in [0.15, 0.2) is 9.52 Å². The number of fused-ring (bicyclic) bond motifs is 1. The predicted molar refractivity (Wildman–Crippen MR) is 89.6 cm³/mol. The van der Waals surface area contributed by atoms with Gasteiger partial charge in [0.2, 0.25) is 0 Å². The molecule has 0 fully saturated rings. The second-order valence-electron chi connectivity index (χ2n) is 6.61. The molecule has 1 aliphatic rings. The summed E-state index contributed by atoms with van der Waals surface area (Å²) in [5.41, 5.74) is 1.50. The summed E-state index contributed by atoms with van der Waals surface area (Å²) in [6, 6.07) is 0. The van der Waals surface area contributed by atoms with E-state index in [1.54, 1.807) is 0 Å². The second kappa shape index (κ2) is 8.26. The maximum atomic E-state index is 13.4. The van der Waals surface area contributed by atoms with Crippen molar-refractivity contribution in [1.29, 1.82) is 0 Å². The van der Waals surface area contributed by atoms with Crippen molar-refractivity contribution in [3.63, 3.8) is 0 Å². The van der Waals surface area contributed by atoms with Crippen LogP contribution in [0.5, 0.6) is 0 Å². The normalized spacial score (nSPS) is 16.4. The first-order valence-corrected chi connectivity index (χ1v) is 8.85. The largest absolute Gasteiger partial charge is 0.460 e. The van der Waals surface area contributed by atoms with Gasteiger partial charge in [0.1, 0.15) is 5.76 Å². The molecule has 2 amide bonds. The first-order valence-electron chi connectivity index (χ1n) is 8.85. The van der Waals surface area contributed by atoms with Crippen LogP contribution in [0, 0.1) is 6.92 Å². The van der Waals surface area contributed by atoms with Gasteiger partial charge in [-0.05, 0) is 26.2 Å². The molecule has 0 aromatic carbocycles. The van der Waals surface area contributed by atoms with Gasteiger partial charge < -0.3 is 9.73 Å². The maximum absolute atomic E-state index is 13.4. The molecule has 1 aliphatic carbocycles. The highest BCUT2D eigenvalue weighted by Gasteiger charge is 2.76. The summed E-state index contributed by atoms with van der Waals surface area (Å²) in [6.07, 6.45) is -5.18. The van der Waals surface area contributed by atoms with E-state index in [9.17, 15) is 40.3 Å². The van der Waals surface area contributed by atoms with Crippen molar-refractivity contribution < 1.29 is 44.7 Å². The topological polar surface area (TPSA) is 83.7 Å². The average Bonchev–Trinajstić information content (AvgIpc) is 3.00. The molecule has 0 saturated heterocycles. The van der Waals surface area contributed by atoms with Gasteiger partial charge in [-0.3, -0.25) is 9.59 Å². The van der Waals surface area contributed by atoms with Crippen LogP contribution in [-0.4, -0.2) is 42.1 Å². The lowest BCUT2D eigenvalue weighted by Crippen LogP contribution is -2.58. The van der Waals surface area contributed by atoms with Crippen LogP contribution in [0.25, 0.3) is 0 Å². The van der Waals surface area contributed by atoms with E-state index in [4.69, 9.17) is 4.42 Å². The molecule has 0 unspecified atom stereocenters. The van der Waals surface area contributed by atoms with Crippen molar-refractivity contribution in [3.05, 3.63) is 22.6 Å². The van der Waals surface area contributed by atoms with E-state index < -0.39 is 29.8 Å². The number of carbonyl (C=O) groups is 2. The minimum Gasteiger partial charge on any atom is -0.455 e. The van der Waals surface area contributed by atoms with E-state index in [2.05, 4.69) is 10.4 Å². The number of rotatable bonds is 6. The number of aryl methyl sites for hydroxylation is 1. The van der Waals surface area contributed by atoms with Crippen LogP contribution in [0.4, 0.5) is 30.7 Å². The van der Waals surface area contributed by atoms with Crippen molar-refractivity contribution in [2.45, 2.75) is 57.6 Å². The SMILES string of the molecule is CCCNC(=O)c1oc2c(c1C)/C(=N/NC(=O)C(F)(F)C(F)(F)C(F)(F)F)CCC2. The van der Waals surface area contributed by atoms with Crippen LogP contribution in [0.1, 0.15) is 53.6 Å². The molecule has 2 N–H and O–H groups in total. The van der Waals surface area contributed by atoms with Gasteiger partial charge in [-0.1, -0.05) is 6.92 Å². The summed E-state index contributed by atoms with van der Waals surface area (Å²) < 4.78 is 94.9. The minimum atomic E-state index is -6.64. The minimum absolute atomic E-state index is 0.0664. The van der Waals surface area contributed by atoms with E-state index in [-0.39, 0.29) is 34.8 Å². The molecule has 0 atom stereocenters. The van der Waals surface area contributed by atoms with Gasteiger partial charge >= 0.3 is 23.9 Å². The molecular weight excluding hydrogens is 427 g/mol. The lowest BCUT2D eigenvalue weighted by Gasteiger charge is -2.26. The zero-order valence-electron chi connectivity index (χ0n) is 15.9. The van der Waals surface area contributed by atoms with Gasteiger partial charge in [0.15, 0.2) is 5.76 Å². The average molecular weight is 445 g/mol. The van der Waals surface area contributed by atoms with Gasteiger partial charge in [0.25, 0.3) is 5.91 Å². The molecule has 0 aliphatic heterocycles. The molecule has 13 heteroatoms. The molecule has 168 valence electrons. The Labute approximate surface area is 165 Å². The fourth-order valence-corrected chi connectivity index (χ4v) is 2.82. The molecule has 0 bridgehead atoms. The molecule has 6 nitrogen and oxygen atoms in total. The number of alkyl halides is 7. The summed E-state index contributed by atoms with van der Waals surface area (Å²) in [6.45, 7) is 3.66. The molecule has 1 aromatic rings. The Hall–Kier alpha value is -2.60. The first kappa shape index (κ1) is 23.7. The predicted octanol–water partition coefficient (Wildman–Crippen LogP) is 3.72. The molecule has 0 saturated carbocycles. The van der Waals surface area contributed by atoms with Crippen molar-refractivity contribution in [2.75, 3.05) is 6.54 Å². The Kier molecular flexibility index (Phi) is 6.52. The summed E-state index contributed by atoms with van der Waals surface area (Å²) in [7, 11) is 0. The van der Waals surface area contributed by atoms with Crippen molar-refractivity contribution in [1.82, 2.24) is 10.7 Å². The standard InChI is InChI=1S/C17H18F7N3O3/c1-3-7-25-13(28)12-8(2)11-9(5-4-6-10(11)30-12)26-27-14(29)15(18,19)16(20,21)17(22,23)24/h3-7H2,1-2H3,(H,25,28)(H,27,29)/b26-9+. The Balaban J connectivity index is 2.30. The van der Waals surface area contributed by atoms with Crippen LogP contribution in [0.2, 0.25) is 0 Å². The summed E-state index contributed by atoms with van der Waals surface area (Å²) in [5, 5.41) is 5.91. The highest BCUT2D eigenvalue weighted by atomic mass is 19.4.